The molecule has 0 radical (unpaired) electrons. The van der Waals surface area contributed by atoms with E-state index in [-0.39, 0.29) is 0 Å². The van der Waals surface area contributed by atoms with Crippen LogP contribution in [0.1, 0.15) is 39.0 Å². The highest BCUT2D eigenvalue weighted by Gasteiger charge is 2.35. The van der Waals surface area contributed by atoms with Crippen molar-refractivity contribution >= 4 is 0 Å². The fourth-order valence-corrected chi connectivity index (χ4v) is 1.02. The third-order valence-electron chi connectivity index (χ3n) is 1.88. The standard InChI is InChI=1S/C10H17F3O/c1-2-3-4-5-6-7-8-9(14)10(11,12)13/h7-9,14H,2-6H2,1H3/b8-7-. The minimum absolute atomic E-state index is 0.604. The Balaban J connectivity index is 3.53. The van der Waals surface area contributed by atoms with E-state index in [1.165, 1.54) is 6.08 Å². The number of rotatable bonds is 6. The van der Waals surface area contributed by atoms with Crippen LogP contribution in [0, 0.1) is 0 Å². The topological polar surface area (TPSA) is 20.2 Å². The molecule has 0 aliphatic heterocycles. The van der Waals surface area contributed by atoms with Crippen LogP contribution in [-0.2, 0) is 0 Å². The lowest BCUT2D eigenvalue weighted by Gasteiger charge is -2.09. The molecule has 0 saturated carbocycles. The molecule has 14 heavy (non-hydrogen) atoms. The number of hydrogen-bond donors (Lipinski definition) is 1. The summed E-state index contributed by atoms with van der Waals surface area (Å²) in [6.07, 6.45) is 0.101. The van der Waals surface area contributed by atoms with Gasteiger partial charge in [-0.1, -0.05) is 38.3 Å². The summed E-state index contributed by atoms with van der Waals surface area (Å²) in [5.74, 6) is 0. The number of unbranched alkanes of at least 4 members (excludes halogenated alkanes) is 4. The molecule has 0 aliphatic carbocycles. The lowest BCUT2D eigenvalue weighted by molar-refractivity contribution is -0.187. The van der Waals surface area contributed by atoms with Crippen molar-refractivity contribution < 1.29 is 18.3 Å². The van der Waals surface area contributed by atoms with Crippen molar-refractivity contribution in [2.45, 2.75) is 51.3 Å². The van der Waals surface area contributed by atoms with Crippen molar-refractivity contribution in [3.8, 4) is 0 Å². The summed E-state index contributed by atoms with van der Waals surface area (Å²) in [6, 6.07) is 0. The molecule has 1 nitrogen and oxygen atoms in total. The first-order valence-corrected chi connectivity index (χ1v) is 4.90. The SMILES string of the molecule is CCCCCC/C=C\C(O)C(F)(F)F. The Hall–Kier alpha value is -0.510. The van der Waals surface area contributed by atoms with E-state index >= 15 is 0 Å². The molecule has 0 heterocycles. The maximum absolute atomic E-state index is 11.8. The third kappa shape index (κ3) is 6.95. The zero-order valence-electron chi connectivity index (χ0n) is 8.35. The molecular weight excluding hydrogens is 193 g/mol. The highest BCUT2D eigenvalue weighted by atomic mass is 19.4. The van der Waals surface area contributed by atoms with Gasteiger partial charge < -0.3 is 5.11 Å². The van der Waals surface area contributed by atoms with Gasteiger partial charge in [-0.3, -0.25) is 0 Å². The van der Waals surface area contributed by atoms with Gasteiger partial charge in [0.15, 0.2) is 6.10 Å². The van der Waals surface area contributed by atoms with Crippen LogP contribution >= 0.6 is 0 Å². The molecule has 4 heteroatoms. The van der Waals surface area contributed by atoms with Crippen molar-refractivity contribution in [2.24, 2.45) is 0 Å². The van der Waals surface area contributed by atoms with Gasteiger partial charge in [0.05, 0.1) is 0 Å². The molecule has 0 aliphatic rings. The summed E-state index contributed by atoms with van der Waals surface area (Å²) < 4.78 is 35.3. The fourth-order valence-electron chi connectivity index (χ4n) is 1.02. The van der Waals surface area contributed by atoms with Crippen LogP contribution in [0.3, 0.4) is 0 Å². The Morgan fingerprint density at radius 2 is 1.86 bits per heavy atom. The van der Waals surface area contributed by atoms with E-state index in [0.717, 1.165) is 31.8 Å². The first-order chi connectivity index (χ1) is 6.48. The molecule has 0 bridgehead atoms. The predicted molar refractivity (Wildman–Crippen MR) is 50.0 cm³/mol. The molecule has 1 unspecified atom stereocenters. The van der Waals surface area contributed by atoms with Gasteiger partial charge in [-0.2, -0.15) is 13.2 Å². The number of aliphatic hydroxyl groups excluding tert-OH is 1. The van der Waals surface area contributed by atoms with E-state index < -0.39 is 12.3 Å². The van der Waals surface area contributed by atoms with Crippen molar-refractivity contribution in [3.63, 3.8) is 0 Å². The van der Waals surface area contributed by atoms with Gasteiger partial charge in [-0.05, 0) is 12.8 Å². The summed E-state index contributed by atoms with van der Waals surface area (Å²) in [6.45, 7) is 2.07. The molecule has 1 N–H and O–H groups in total. The van der Waals surface area contributed by atoms with Crippen molar-refractivity contribution in [2.75, 3.05) is 0 Å². The maximum Gasteiger partial charge on any atom is 0.417 e. The minimum Gasteiger partial charge on any atom is -0.380 e. The molecule has 0 spiro atoms. The molecule has 84 valence electrons. The fraction of sp³-hybridized carbons (Fsp3) is 0.800. The van der Waals surface area contributed by atoms with Gasteiger partial charge in [0, 0.05) is 0 Å². The summed E-state index contributed by atoms with van der Waals surface area (Å²) in [4.78, 5) is 0. The van der Waals surface area contributed by atoms with E-state index in [1.807, 2.05) is 0 Å². The second-order valence-corrected chi connectivity index (χ2v) is 3.26. The summed E-state index contributed by atoms with van der Waals surface area (Å²) >= 11 is 0. The molecule has 0 aromatic carbocycles. The number of allylic oxidation sites excluding steroid dienone is 1. The van der Waals surface area contributed by atoms with Crippen molar-refractivity contribution in [1.82, 2.24) is 0 Å². The van der Waals surface area contributed by atoms with Crippen LogP contribution in [0.5, 0.6) is 0 Å². The van der Waals surface area contributed by atoms with Crippen LogP contribution in [0.25, 0.3) is 0 Å². The molecule has 0 saturated heterocycles. The average Bonchev–Trinajstić information content (AvgIpc) is 2.09. The third-order valence-corrected chi connectivity index (χ3v) is 1.88. The van der Waals surface area contributed by atoms with Crippen LogP contribution in [0.4, 0.5) is 13.2 Å². The zero-order valence-corrected chi connectivity index (χ0v) is 8.35. The molecule has 0 amide bonds. The van der Waals surface area contributed by atoms with Gasteiger partial charge in [-0.25, -0.2) is 0 Å². The van der Waals surface area contributed by atoms with E-state index in [0.29, 0.717) is 6.42 Å². The average molecular weight is 210 g/mol. The molecule has 0 rings (SSSR count). The number of halogens is 3. The first kappa shape index (κ1) is 13.5. The second-order valence-electron chi connectivity index (χ2n) is 3.26. The zero-order chi connectivity index (χ0) is 11.0. The predicted octanol–water partition coefficient (Wildman–Crippen LogP) is 3.44. The number of alkyl halides is 3. The first-order valence-electron chi connectivity index (χ1n) is 4.90. The summed E-state index contributed by atoms with van der Waals surface area (Å²) in [5, 5.41) is 8.58. The largest absolute Gasteiger partial charge is 0.417 e. The van der Waals surface area contributed by atoms with Crippen molar-refractivity contribution in [3.05, 3.63) is 12.2 Å². The van der Waals surface area contributed by atoms with E-state index in [2.05, 4.69) is 6.92 Å². The molecule has 0 aromatic rings. The maximum atomic E-state index is 11.8. The monoisotopic (exact) mass is 210 g/mol. The molecule has 1 atom stereocenters. The number of aliphatic hydroxyl groups is 1. The molecule has 0 aromatic heterocycles. The van der Waals surface area contributed by atoms with Crippen LogP contribution in [0.15, 0.2) is 12.2 Å². The van der Waals surface area contributed by atoms with Gasteiger partial charge in [0.2, 0.25) is 0 Å². The Morgan fingerprint density at radius 3 is 2.36 bits per heavy atom. The van der Waals surface area contributed by atoms with Gasteiger partial charge in [0.25, 0.3) is 0 Å². The Bertz CT molecular complexity index is 163. The van der Waals surface area contributed by atoms with E-state index in [9.17, 15) is 13.2 Å². The Kier molecular flexibility index (Phi) is 6.62. The summed E-state index contributed by atoms with van der Waals surface area (Å²) in [7, 11) is 0. The summed E-state index contributed by atoms with van der Waals surface area (Å²) in [5.41, 5.74) is 0. The lowest BCUT2D eigenvalue weighted by Crippen LogP contribution is -2.25. The van der Waals surface area contributed by atoms with Crippen LogP contribution in [0.2, 0.25) is 0 Å². The minimum atomic E-state index is -4.53. The van der Waals surface area contributed by atoms with Crippen LogP contribution in [-0.4, -0.2) is 17.4 Å². The van der Waals surface area contributed by atoms with Crippen molar-refractivity contribution in [1.29, 1.82) is 0 Å². The van der Waals surface area contributed by atoms with Crippen LogP contribution < -0.4 is 0 Å². The van der Waals surface area contributed by atoms with Gasteiger partial charge >= 0.3 is 6.18 Å². The molecule has 0 fully saturated rings. The van der Waals surface area contributed by atoms with E-state index in [4.69, 9.17) is 5.11 Å². The van der Waals surface area contributed by atoms with Gasteiger partial charge in [0.1, 0.15) is 0 Å². The normalized spacial score (nSPS) is 14.9. The quantitative estimate of drug-likeness (QED) is 0.526. The lowest BCUT2D eigenvalue weighted by atomic mass is 10.1. The Labute approximate surface area is 82.6 Å². The highest BCUT2D eigenvalue weighted by Crippen LogP contribution is 2.20. The highest BCUT2D eigenvalue weighted by molar-refractivity contribution is 4.92. The Morgan fingerprint density at radius 1 is 1.21 bits per heavy atom. The number of hydrogen-bond acceptors (Lipinski definition) is 1. The van der Waals surface area contributed by atoms with E-state index in [1.54, 1.807) is 0 Å². The second kappa shape index (κ2) is 6.87. The van der Waals surface area contributed by atoms with Gasteiger partial charge in [-0.15, -0.1) is 0 Å². The smallest absolute Gasteiger partial charge is 0.380 e. The molecular formula is C10H17F3O.